The summed E-state index contributed by atoms with van der Waals surface area (Å²) >= 11 is 1.25. The Hall–Kier alpha value is -3.35. The van der Waals surface area contributed by atoms with Crippen LogP contribution in [0.3, 0.4) is 0 Å². The Kier molecular flexibility index (Phi) is 7.81. The quantitative estimate of drug-likeness (QED) is 0.316. The van der Waals surface area contributed by atoms with Crippen molar-refractivity contribution in [3.05, 3.63) is 72.3 Å². The first kappa shape index (κ1) is 26.9. The van der Waals surface area contributed by atoms with Crippen molar-refractivity contribution < 1.29 is 22.7 Å². The molecule has 3 heterocycles. The molecule has 6 rings (SSSR count). The Morgan fingerprint density at radius 2 is 1.77 bits per heavy atom. The third-order valence-electron chi connectivity index (χ3n) is 7.14. The number of fused-ring (bicyclic) bond motifs is 1. The van der Waals surface area contributed by atoms with Gasteiger partial charge >= 0.3 is 0 Å². The third kappa shape index (κ3) is 5.74. The number of ether oxygens (including phenoxy) is 2. The Morgan fingerprint density at radius 1 is 0.975 bits per heavy atom. The van der Waals surface area contributed by atoms with Gasteiger partial charge in [-0.3, -0.25) is 15.0 Å². The number of rotatable bonds is 9. The lowest BCUT2D eigenvalue weighted by atomic mass is 10.0. The molecule has 4 aromatic rings. The number of thiazole rings is 1. The molecule has 40 heavy (non-hydrogen) atoms. The molecule has 1 N–H and O–H groups in total. The SMILES string of the molecule is O=C(Nc1nc2ccc(S(=O)(=O)N3CCC3)cc2s1)c1ccc(-c2ccccc2)cc1OCCN1CCOCC1. The van der Waals surface area contributed by atoms with Crippen molar-refractivity contribution in [2.75, 3.05) is 57.9 Å². The molecule has 0 spiro atoms. The molecule has 2 aliphatic rings. The fourth-order valence-electron chi connectivity index (χ4n) is 4.71. The zero-order valence-corrected chi connectivity index (χ0v) is 23.5. The summed E-state index contributed by atoms with van der Waals surface area (Å²) in [5.41, 5.74) is 3.02. The maximum Gasteiger partial charge on any atom is 0.261 e. The van der Waals surface area contributed by atoms with Gasteiger partial charge in [0.2, 0.25) is 10.0 Å². The summed E-state index contributed by atoms with van der Waals surface area (Å²) in [6, 6.07) is 20.4. The second-order valence-electron chi connectivity index (χ2n) is 9.74. The topological polar surface area (TPSA) is 101 Å². The zero-order valence-electron chi connectivity index (χ0n) is 21.9. The molecule has 2 fully saturated rings. The second kappa shape index (κ2) is 11.6. The van der Waals surface area contributed by atoms with Crippen molar-refractivity contribution in [3.63, 3.8) is 0 Å². The monoisotopic (exact) mass is 578 g/mol. The van der Waals surface area contributed by atoms with Gasteiger partial charge in [0.1, 0.15) is 12.4 Å². The number of carbonyl (C=O) groups is 1. The van der Waals surface area contributed by atoms with Gasteiger partial charge in [-0.05, 0) is 47.9 Å². The average Bonchev–Trinajstić information content (AvgIpc) is 3.34. The number of aromatic nitrogens is 1. The van der Waals surface area contributed by atoms with Crippen LogP contribution < -0.4 is 10.1 Å². The van der Waals surface area contributed by atoms with Gasteiger partial charge in [0.25, 0.3) is 5.91 Å². The lowest BCUT2D eigenvalue weighted by Crippen LogP contribution is -2.41. The summed E-state index contributed by atoms with van der Waals surface area (Å²) < 4.78 is 39.4. The highest BCUT2D eigenvalue weighted by atomic mass is 32.2. The highest BCUT2D eigenvalue weighted by molar-refractivity contribution is 7.89. The fraction of sp³-hybridized carbons (Fsp3) is 0.310. The lowest BCUT2D eigenvalue weighted by molar-refractivity contribution is 0.0322. The molecule has 0 saturated carbocycles. The van der Waals surface area contributed by atoms with Crippen LogP contribution in [0.2, 0.25) is 0 Å². The van der Waals surface area contributed by atoms with Crippen LogP contribution in [0.1, 0.15) is 16.8 Å². The van der Waals surface area contributed by atoms with E-state index in [1.807, 2.05) is 42.5 Å². The van der Waals surface area contributed by atoms with E-state index in [0.29, 0.717) is 59.6 Å². The van der Waals surface area contributed by atoms with Crippen LogP contribution in [-0.2, 0) is 14.8 Å². The number of amides is 1. The number of anilines is 1. The van der Waals surface area contributed by atoms with Gasteiger partial charge in [0.15, 0.2) is 5.13 Å². The summed E-state index contributed by atoms with van der Waals surface area (Å²) in [4.78, 5) is 20.5. The van der Waals surface area contributed by atoms with Crippen molar-refractivity contribution in [3.8, 4) is 16.9 Å². The summed E-state index contributed by atoms with van der Waals surface area (Å²) in [5, 5.41) is 3.29. The van der Waals surface area contributed by atoms with E-state index in [4.69, 9.17) is 9.47 Å². The molecule has 0 bridgehead atoms. The van der Waals surface area contributed by atoms with Crippen LogP contribution in [0.5, 0.6) is 5.75 Å². The Balaban J connectivity index is 1.22. The number of nitrogens with zero attached hydrogens (tertiary/aromatic N) is 3. The Morgan fingerprint density at radius 3 is 2.52 bits per heavy atom. The molecule has 11 heteroatoms. The van der Waals surface area contributed by atoms with Crippen molar-refractivity contribution in [2.24, 2.45) is 0 Å². The number of sulfonamides is 1. The Labute approximate surface area is 237 Å². The molecule has 0 radical (unpaired) electrons. The molecule has 0 aliphatic carbocycles. The minimum absolute atomic E-state index is 0.244. The first-order valence-electron chi connectivity index (χ1n) is 13.3. The molecule has 208 valence electrons. The van der Waals surface area contributed by atoms with E-state index in [2.05, 4.69) is 15.2 Å². The van der Waals surface area contributed by atoms with Crippen LogP contribution >= 0.6 is 11.3 Å². The van der Waals surface area contributed by atoms with E-state index >= 15 is 0 Å². The fourth-order valence-corrected chi connectivity index (χ4v) is 7.23. The normalized spacial score (nSPS) is 16.5. The molecule has 3 aromatic carbocycles. The highest BCUT2D eigenvalue weighted by Gasteiger charge is 2.29. The predicted molar refractivity (Wildman–Crippen MR) is 156 cm³/mol. The summed E-state index contributed by atoms with van der Waals surface area (Å²) in [5.74, 6) is 0.157. The smallest absolute Gasteiger partial charge is 0.261 e. The molecular formula is C29H30N4O5S2. The van der Waals surface area contributed by atoms with Crippen LogP contribution in [0, 0.1) is 0 Å². The predicted octanol–water partition coefficient (Wildman–Crippen LogP) is 4.32. The molecule has 2 saturated heterocycles. The van der Waals surface area contributed by atoms with Gasteiger partial charge in [-0.25, -0.2) is 13.4 Å². The summed E-state index contributed by atoms with van der Waals surface area (Å²) in [7, 11) is -3.50. The minimum atomic E-state index is -3.50. The van der Waals surface area contributed by atoms with Gasteiger partial charge in [0, 0.05) is 32.7 Å². The maximum atomic E-state index is 13.4. The number of benzene rings is 3. The first-order valence-corrected chi connectivity index (χ1v) is 15.6. The van der Waals surface area contributed by atoms with Crippen molar-refractivity contribution in [2.45, 2.75) is 11.3 Å². The van der Waals surface area contributed by atoms with Crippen molar-refractivity contribution in [1.29, 1.82) is 0 Å². The van der Waals surface area contributed by atoms with Crippen LogP contribution in [0.4, 0.5) is 5.13 Å². The van der Waals surface area contributed by atoms with Crippen LogP contribution in [0.25, 0.3) is 21.3 Å². The Bertz CT molecular complexity index is 1610. The maximum absolute atomic E-state index is 13.4. The van der Waals surface area contributed by atoms with Gasteiger partial charge in [0.05, 0.1) is 33.9 Å². The van der Waals surface area contributed by atoms with E-state index in [9.17, 15) is 13.2 Å². The summed E-state index contributed by atoms with van der Waals surface area (Å²) in [6.45, 7) is 5.41. The molecule has 1 amide bonds. The highest BCUT2D eigenvalue weighted by Crippen LogP contribution is 2.32. The summed E-state index contributed by atoms with van der Waals surface area (Å²) in [6.07, 6.45) is 0.878. The second-order valence-corrected chi connectivity index (χ2v) is 12.7. The van der Waals surface area contributed by atoms with E-state index in [1.54, 1.807) is 24.3 Å². The van der Waals surface area contributed by atoms with Gasteiger partial charge in [-0.2, -0.15) is 4.31 Å². The van der Waals surface area contributed by atoms with Crippen LogP contribution in [0.15, 0.2) is 71.6 Å². The molecular weight excluding hydrogens is 548 g/mol. The number of carbonyl (C=O) groups excluding carboxylic acids is 1. The number of morpholine rings is 1. The lowest BCUT2D eigenvalue weighted by Gasteiger charge is -2.29. The molecule has 2 aliphatic heterocycles. The van der Waals surface area contributed by atoms with Gasteiger partial charge < -0.3 is 9.47 Å². The van der Waals surface area contributed by atoms with Crippen LogP contribution in [-0.4, -0.2) is 81.1 Å². The van der Waals surface area contributed by atoms with E-state index in [1.165, 1.54) is 15.6 Å². The van der Waals surface area contributed by atoms with E-state index < -0.39 is 10.0 Å². The van der Waals surface area contributed by atoms with Crippen molar-refractivity contribution in [1.82, 2.24) is 14.2 Å². The van der Waals surface area contributed by atoms with E-state index in [0.717, 1.165) is 37.2 Å². The minimum Gasteiger partial charge on any atom is -0.491 e. The molecule has 0 unspecified atom stereocenters. The number of nitrogens with one attached hydrogen (secondary N) is 1. The van der Waals surface area contributed by atoms with Crippen molar-refractivity contribution >= 4 is 42.6 Å². The largest absolute Gasteiger partial charge is 0.491 e. The van der Waals surface area contributed by atoms with Gasteiger partial charge in [-0.1, -0.05) is 47.7 Å². The van der Waals surface area contributed by atoms with Gasteiger partial charge in [-0.15, -0.1) is 0 Å². The molecule has 9 nitrogen and oxygen atoms in total. The first-order chi connectivity index (χ1) is 19.5. The standard InChI is InChI=1S/C29H30N4O5S2/c34-28(31-29-30-25-10-8-23(20-27(25)39-29)40(35,36)33-11-4-12-33)24-9-7-22(21-5-2-1-3-6-21)19-26(24)38-18-15-32-13-16-37-17-14-32/h1-3,5-10,19-20H,4,11-18H2,(H,30,31,34). The molecule has 1 aromatic heterocycles. The average molecular weight is 579 g/mol. The number of hydrogen-bond donors (Lipinski definition) is 1. The third-order valence-corrected chi connectivity index (χ3v) is 9.96. The zero-order chi connectivity index (χ0) is 27.5. The number of hydrogen-bond acceptors (Lipinski definition) is 8. The molecule has 0 atom stereocenters. The van der Waals surface area contributed by atoms with E-state index in [-0.39, 0.29) is 10.8 Å².